The van der Waals surface area contributed by atoms with E-state index in [1.54, 1.807) is 18.5 Å². The summed E-state index contributed by atoms with van der Waals surface area (Å²) in [4.78, 5) is 20.0. The minimum absolute atomic E-state index is 0.0884. The summed E-state index contributed by atoms with van der Waals surface area (Å²) in [6.07, 6.45) is 4.56. The van der Waals surface area contributed by atoms with Crippen LogP contribution < -0.4 is 5.32 Å². The summed E-state index contributed by atoms with van der Waals surface area (Å²) in [6, 6.07) is 3.61. The molecule has 0 aromatic carbocycles. The van der Waals surface area contributed by atoms with Crippen molar-refractivity contribution in [2.45, 2.75) is 19.3 Å². The third-order valence-electron chi connectivity index (χ3n) is 3.42. The molecule has 25 heavy (non-hydrogen) atoms. The smallest absolute Gasteiger partial charge is 0.226 e. The van der Waals surface area contributed by atoms with E-state index >= 15 is 0 Å². The Morgan fingerprint density at radius 3 is 2.84 bits per heavy atom. The number of nitrogens with zero attached hydrogens (tertiary/aromatic N) is 4. The Labute approximate surface area is 146 Å². The zero-order valence-corrected chi connectivity index (χ0v) is 15.0. The number of nitrogens with one attached hydrogen (secondary N) is 1. The van der Waals surface area contributed by atoms with E-state index in [1.165, 1.54) is 14.1 Å². The fraction of sp³-hybridized carbons (Fsp3) is 0.467. The van der Waals surface area contributed by atoms with Crippen molar-refractivity contribution < 1.29 is 17.7 Å². The predicted molar refractivity (Wildman–Crippen MR) is 91.0 cm³/mol. The minimum Gasteiger partial charge on any atom is -0.355 e. The molecule has 0 atom stereocenters. The SMILES string of the molecule is CN(C)S(=O)(=O)CCNC(=O)CCCc1nc(-c2cccnc2)no1. The quantitative estimate of drug-likeness (QED) is 0.684. The lowest BCUT2D eigenvalue weighted by Crippen LogP contribution is -2.33. The number of amides is 1. The van der Waals surface area contributed by atoms with Crippen LogP contribution in [0.3, 0.4) is 0 Å². The number of carbonyl (C=O) groups is 1. The van der Waals surface area contributed by atoms with Gasteiger partial charge >= 0.3 is 0 Å². The van der Waals surface area contributed by atoms with Gasteiger partial charge in [-0.05, 0) is 18.6 Å². The molecule has 0 aliphatic carbocycles. The molecule has 0 radical (unpaired) electrons. The number of hydrogen-bond donors (Lipinski definition) is 1. The first-order valence-corrected chi connectivity index (χ1v) is 9.39. The topological polar surface area (TPSA) is 118 Å². The fourth-order valence-corrected chi connectivity index (χ4v) is 2.68. The Balaban J connectivity index is 1.71. The first-order chi connectivity index (χ1) is 11.9. The zero-order valence-electron chi connectivity index (χ0n) is 14.2. The van der Waals surface area contributed by atoms with Crippen molar-refractivity contribution in [1.29, 1.82) is 0 Å². The van der Waals surface area contributed by atoms with Crippen LogP contribution >= 0.6 is 0 Å². The van der Waals surface area contributed by atoms with Gasteiger partial charge in [-0.3, -0.25) is 9.78 Å². The van der Waals surface area contributed by atoms with Crippen molar-refractivity contribution in [3.8, 4) is 11.4 Å². The van der Waals surface area contributed by atoms with E-state index in [1.807, 2.05) is 6.07 Å². The van der Waals surface area contributed by atoms with Gasteiger partial charge in [-0.25, -0.2) is 12.7 Å². The maximum Gasteiger partial charge on any atom is 0.226 e. The molecule has 0 aliphatic rings. The third kappa shape index (κ3) is 5.91. The first-order valence-electron chi connectivity index (χ1n) is 7.78. The lowest BCUT2D eigenvalue weighted by molar-refractivity contribution is -0.121. The Hall–Kier alpha value is -2.33. The van der Waals surface area contributed by atoms with Crippen LogP contribution in [0, 0.1) is 0 Å². The van der Waals surface area contributed by atoms with Gasteiger partial charge in [-0.15, -0.1) is 0 Å². The van der Waals surface area contributed by atoms with Crippen LogP contribution in [0.25, 0.3) is 11.4 Å². The lowest BCUT2D eigenvalue weighted by atomic mass is 10.2. The van der Waals surface area contributed by atoms with Crippen LogP contribution in [0.2, 0.25) is 0 Å². The Kier molecular flexibility index (Phi) is 6.59. The summed E-state index contributed by atoms with van der Waals surface area (Å²) < 4.78 is 29.4. The number of rotatable bonds is 9. The van der Waals surface area contributed by atoms with Crippen LogP contribution in [-0.2, 0) is 21.2 Å². The molecule has 0 bridgehead atoms. The molecule has 0 saturated carbocycles. The average Bonchev–Trinajstić information content (AvgIpc) is 3.04. The van der Waals surface area contributed by atoms with Gasteiger partial charge < -0.3 is 9.84 Å². The number of hydrogen-bond acceptors (Lipinski definition) is 7. The van der Waals surface area contributed by atoms with E-state index in [4.69, 9.17) is 4.52 Å². The van der Waals surface area contributed by atoms with Crippen molar-refractivity contribution in [2.75, 3.05) is 26.4 Å². The molecule has 2 rings (SSSR count). The lowest BCUT2D eigenvalue weighted by Gasteiger charge is -2.11. The van der Waals surface area contributed by atoms with Gasteiger partial charge in [-0.1, -0.05) is 5.16 Å². The molecule has 1 N–H and O–H groups in total. The number of carbonyl (C=O) groups excluding carboxylic acids is 1. The van der Waals surface area contributed by atoms with E-state index < -0.39 is 10.0 Å². The van der Waals surface area contributed by atoms with Gasteiger partial charge in [0.2, 0.25) is 27.6 Å². The van der Waals surface area contributed by atoms with Crippen LogP contribution in [0.15, 0.2) is 29.0 Å². The minimum atomic E-state index is -3.30. The van der Waals surface area contributed by atoms with Crippen molar-refractivity contribution in [3.05, 3.63) is 30.4 Å². The second-order valence-corrected chi connectivity index (χ2v) is 7.86. The highest BCUT2D eigenvalue weighted by Crippen LogP contribution is 2.14. The third-order valence-corrected chi connectivity index (χ3v) is 5.25. The standard InChI is InChI=1S/C15H21N5O4S/c1-20(2)25(22,23)10-9-17-13(21)6-3-7-14-18-15(19-24-14)12-5-4-8-16-11-12/h4-5,8,11H,3,6-7,9-10H2,1-2H3,(H,17,21). The molecule has 2 aromatic heterocycles. The molecule has 0 saturated heterocycles. The molecule has 1 amide bonds. The molecule has 0 spiro atoms. The van der Waals surface area contributed by atoms with E-state index in [2.05, 4.69) is 20.4 Å². The molecule has 0 fully saturated rings. The monoisotopic (exact) mass is 367 g/mol. The van der Waals surface area contributed by atoms with Crippen LogP contribution in [-0.4, -0.2) is 60.1 Å². The van der Waals surface area contributed by atoms with Gasteiger partial charge in [0.15, 0.2) is 0 Å². The van der Waals surface area contributed by atoms with Gasteiger partial charge in [0, 0.05) is 51.4 Å². The van der Waals surface area contributed by atoms with E-state index in [0.29, 0.717) is 24.6 Å². The fourth-order valence-electron chi connectivity index (χ4n) is 1.96. The molecule has 2 aromatic rings. The van der Waals surface area contributed by atoms with Crippen LogP contribution in [0.4, 0.5) is 0 Å². The molecule has 10 heteroatoms. The van der Waals surface area contributed by atoms with Crippen LogP contribution in [0.1, 0.15) is 18.7 Å². The van der Waals surface area contributed by atoms with Gasteiger partial charge in [0.05, 0.1) is 5.75 Å². The number of sulfonamides is 1. The molecule has 136 valence electrons. The van der Waals surface area contributed by atoms with Gasteiger partial charge in [-0.2, -0.15) is 4.98 Å². The molecule has 9 nitrogen and oxygen atoms in total. The first kappa shape index (κ1) is 19.0. The van der Waals surface area contributed by atoms with Crippen LogP contribution in [0.5, 0.6) is 0 Å². The summed E-state index contributed by atoms with van der Waals surface area (Å²) in [5, 5.41) is 6.47. The largest absolute Gasteiger partial charge is 0.355 e. The summed E-state index contributed by atoms with van der Waals surface area (Å²) in [6.45, 7) is 0.0884. The maximum absolute atomic E-state index is 11.7. The second-order valence-electron chi connectivity index (χ2n) is 5.56. The normalized spacial score (nSPS) is 11.6. The second kappa shape index (κ2) is 8.67. The molecular weight excluding hydrogens is 346 g/mol. The average molecular weight is 367 g/mol. The Bertz CT molecular complexity index is 789. The van der Waals surface area contributed by atoms with Gasteiger partial charge in [0.1, 0.15) is 0 Å². The predicted octanol–water partition coefficient (Wildman–Crippen LogP) is 0.462. The highest BCUT2D eigenvalue weighted by Gasteiger charge is 2.14. The Morgan fingerprint density at radius 1 is 1.36 bits per heavy atom. The summed E-state index contributed by atoms with van der Waals surface area (Å²) >= 11 is 0. The van der Waals surface area contributed by atoms with E-state index in [0.717, 1.165) is 9.87 Å². The van der Waals surface area contributed by atoms with Crippen molar-refractivity contribution in [2.24, 2.45) is 0 Å². The highest BCUT2D eigenvalue weighted by molar-refractivity contribution is 7.89. The maximum atomic E-state index is 11.7. The van der Waals surface area contributed by atoms with Crippen molar-refractivity contribution in [3.63, 3.8) is 0 Å². The van der Waals surface area contributed by atoms with E-state index in [-0.39, 0.29) is 24.6 Å². The Morgan fingerprint density at radius 2 is 2.16 bits per heavy atom. The number of aromatic nitrogens is 3. The summed E-state index contributed by atoms with van der Waals surface area (Å²) in [5.41, 5.74) is 0.761. The number of aryl methyl sites for hydroxylation is 1. The van der Waals surface area contributed by atoms with E-state index in [9.17, 15) is 13.2 Å². The molecule has 0 unspecified atom stereocenters. The molecule has 2 heterocycles. The van der Waals surface area contributed by atoms with Gasteiger partial charge in [0.25, 0.3) is 0 Å². The summed E-state index contributed by atoms with van der Waals surface area (Å²) in [5.74, 6) is 0.577. The zero-order chi connectivity index (χ0) is 18.3. The molecule has 0 aliphatic heterocycles. The highest BCUT2D eigenvalue weighted by atomic mass is 32.2. The number of pyridine rings is 1. The molecular formula is C15H21N5O4S. The van der Waals surface area contributed by atoms with Crippen molar-refractivity contribution in [1.82, 2.24) is 24.7 Å². The van der Waals surface area contributed by atoms with Crippen molar-refractivity contribution >= 4 is 15.9 Å². The summed E-state index contributed by atoms with van der Waals surface area (Å²) in [7, 11) is -0.381.